The van der Waals surface area contributed by atoms with Crippen LogP contribution in [0.3, 0.4) is 0 Å². The summed E-state index contributed by atoms with van der Waals surface area (Å²) in [5.74, 6) is -0.535. The number of amides is 1. The number of nitrogens with zero attached hydrogens (tertiary/aromatic N) is 6. The maximum Gasteiger partial charge on any atom is 0.234 e. The standard InChI is InChI=1S/C26H20N8O2S2/c27-11-15-6-8-17(9-7-15)31-21(36)14-37-26-33-32-25(38-26)34-19-4-1-5-20(35)23(19)22(18(12-28)24(34)29)16-3-2-10-30-13-16/h2-3,6-10,13,22H,1,4-5,14,29H2,(H,31,36). The summed E-state index contributed by atoms with van der Waals surface area (Å²) in [6.45, 7) is 0. The zero-order valence-electron chi connectivity index (χ0n) is 19.9. The Labute approximate surface area is 226 Å². The summed E-state index contributed by atoms with van der Waals surface area (Å²) in [7, 11) is 0. The number of ketones is 1. The van der Waals surface area contributed by atoms with E-state index in [2.05, 4.69) is 26.6 Å². The summed E-state index contributed by atoms with van der Waals surface area (Å²) in [4.78, 5) is 31.4. The van der Waals surface area contributed by atoms with Crippen LogP contribution in [0.25, 0.3) is 0 Å². The summed E-state index contributed by atoms with van der Waals surface area (Å²) in [6, 6.07) is 14.4. The molecule has 0 saturated carbocycles. The van der Waals surface area contributed by atoms with Crippen LogP contribution in [0, 0.1) is 22.7 Å². The van der Waals surface area contributed by atoms with E-state index in [0.29, 0.717) is 45.6 Å². The Morgan fingerprint density at radius 1 is 1.18 bits per heavy atom. The van der Waals surface area contributed by atoms with Crippen LogP contribution in [0.1, 0.15) is 36.3 Å². The van der Waals surface area contributed by atoms with Gasteiger partial charge in [-0.1, -0.05) is 29.2 Å². The number of nitriles is 2. The number of aromatic nitrogens is 3. The summed E-state index contributed by atoms with van der Waals surface area (Å²) in [5, 5.41) is 30.7. The van der Waals surface area contributed by atoms with E-state index in [1.54, 1.807) is 47.6 Å². The van der Waals surface area contributed by atoms with Crippen molar-refractivity contribution >= 4 is 45.6 Å². The predicted octanol–water partition coefficient (Wildman–Crippen LogP) is 3.84. The molecule has 0 radical (unpaired) electrons. The van der Waals surface area contributed by atoms with Crippen LogP contribution in [0.5, 0.6) is 0 Å². The summed E-state index contributed by atoms with van der Waals surface area (Å²) in [5.41, 5.74) is 9.91. The molecule has 1 atom stereocenters. The van der Waals surface area contributed by atoms with Gasteiger partial charge in [-0.2, -0.15) is 10.5 Å². The number of hydrogen-bond acceptors (Lipinski definition) is 11. The van der Waals surface area contributed by atoms with Crippen molar-refractivity contribution in [2.75, 3.05) is 16.0 Å². The number of allylic oxidation sites excluding steroid dienone is 3. The fraction of sp³-hybridized carbons (Fsp3) is 0.192. The normalized spacial score (nSPS) is 17.1. The van der Waals surface area contributed by atoms with Crippen molar-refractivity contribution in [1.82, 2.24) is 15.2 Å². The van der Waals surface area contributed by atoms with Crippen molar-refractivity contribution in [3.8, 4) is 12.1 Å². The lowest BCUT2D eigenvalue weighted by atomic mass is 9.76. The molecule has 2 aromatic heterocycles. The van der Waals surface area contributed by atoms with E-state index in [-0.39, 0.29) is 28.8 Å². The quantitative estimate of drug-likeness (QED) is 0.439. The average molecular weight is 541 g/mol. The highest BCUT2D eigenvalue weighted by Gasteiger charge is 2.41. The summed E-state index contributed by atoms with van der Waals surface area (Å²) < 4.78 is 0.542. The van der Waals surface area contributed by atoms with Crippen molar-refractivity contribution in [1.29, 1.82) is 10.5 Å². The largest absolute Gasteiger partial charge is 0.384 e. The lowest BCUT2D eigenvalue weighted by molar-refractivity contribution is -0.116. The highest BCUT2D eigenvalue weighted by atomic mass is 32.2. The Hall–Kier alpha value is -4.52. The van der Waals surface area contributed by atoms with Gasteiger partial charge in [-0.15, -0.1) is 10.2 Å². The van der Waals surface area contributed by atoms with E-state index in [0.717, 1.165) is 11.3 Å². The zero-order valence-corrected chi connectivity index (χ0v) is 21.6. The molecule has 3 N–H and O–H groups in total. The molecule has 1 aliphatic carbocycles. The van der Waals surface area contributed by atoms with Crippen molar-refractivity contribution in [3.05, 3.63) is 82.6 Å². The fourth-order valence-electron chi connectivity index (χ4n) is 4.49. The minimum absolute atomic E-state index is 0.0241. The Morgan fingerprint density at radius 2 is 2.00 bits per heavy atom. The van der Waals surface area contributed by atoms with E-state index < -0.39 is 5.92 Å². The lowest BCUT2D eigenvalue weighted by Crippen LogP contribution is -2.38. The number of carbonyl (C=O) groups is 2. The second-order valence-corrected chi connectivity index (χ2v) is 10.7. The van der Waals surface area contributed by atoms with E-state index in [9.17, 15) is 14.9 Å². The molecular formula is C26H20N8O2S2. The van der Waals surface area contributed by atoms with E-state index in [1.807, 2.05) is 12.1 Å². The van der Waals surface area contributed by atoms with Gasteiger partial charge in [0.05, 0.1) is 34.9 Å². The molecule has 0 fully saturated rings. The van der Waals surface area contributed by atoms with Gasteiger partial charge >= 0.3 is 0 Å². The van der Waals surface area contributed by atoms with Crippen LogP contribution in [0.15, 0.2) is 75.8 Å². The molecule has 1 amide bonds. The van der Waals surface area contributed by atoms with Gasteiger partial charge in [0.1, 0.15) is 5.82 Å². The van der Waals surface area contributed by atoms with Crippen LogP contribution in [0.4, 0.5) is 10.8 Å². The number of carbonyl (C=O) groups excluding carboxylic acids is 2. The van der Waals surface area contributed by atoms with Crippen LogP contribution < -0.4 is 16.0 Å². The zero-order chi connectivity index (χ0) is 26.6. The number of nitrogens with two attached hydrogens (primary N) is 1. The third-order valence-electron chi connectivity index (χ3n) is 6.14. The predicted molar refractivity (Wildman–Crippen MR) is 143 cm³/mol. The highest BCUT2D eigenvalue weighted by molar-refractivity contribution is 8.01. The minimum Gasteiger partial charge on any atom is -0.384 e. The number of thioether (sulfide) groups is 1. The van der Waals surface area contributed by atoms with Crippen molar-refractivity contribution in [3.63, 3.8) is 0 Å². The van der Waals surface area contributed by atoms with Crippen molar-refractivity contribution in [2.24, 2.45) is 5.73 Å². The van der Waals surface area contributed by atoms with Gasteiger partial charge in [-0.25, -0.2) is 0 Å². The first-order valence-electron chi connectivity index (χ1n) is 11.6. The monoisotopic (exact) mass is 540 g/mol. The molecular weight excluding hydrogens is 520 g/mol. The van der Waals surface area contributed by atoms with E-state index >= 15 is 0 Å². The Morgan fingerprint density at radius 3 is 2.71 bits per heavy atom. The fourth-order valence-corrected chi connectivity index (χ4v) is 6.17. The smallest absolute Gasteiger partial charge is 0.234 e. The molecule has 188 valence electrons. The number of Topliss-reactive ketones (excluding diaryl/α,β-unsaturated/α-hetero) is 1. The Bertz CT molecular complexity index is 1550. The molecule has 1 aromatic carbocycles. The third-order valence-corrected chi connectivity index (χ3v) is 8.18. The van der Waals surface area contributed by atoms with Gasteiger partial charge in [0.15, 0.2) is 10.1 Å². The molecule has 0 spiro atoms. The second kappa shape index (κ2) is 10.8. The van der Waals surface area contributed by atoms with Gasteiger partial charge in [-0.05, 0) is 48.7 Å². The van der Waals surface area contributed by atoms with Gasteiger partial charge in [0, 0.05) is 35.8 Å². The number of benzene rings is 1. The maximum absolute atomic E-state index is 13.2. The number of pyridine rings is 1. The maximum atomic E-state index is 13.2. The molecule has 2 aliphatic rings. The molecule has 0 saturated heterocycles. The van der Waals surface area contributed by atoms with Crippen LogP contribution in [-0.2, 0) is 9.59 Å². The van der Waals surface area contributed by atoms with Gasteiger partial charge in [0.25, 0.3) is 0 Å². The second-order valence-electron chi connectivity index (χ2n) is 8.48. The molecule has 1 unspecified atom stereocenters. The molecule has 12 heteroatoms. The molecule has 1 aliphatic heterocycles. The van der Waals surface area contributed by atoms with Crippen LogP contribution in [0.2, 0.25) is 0 Å². The lowest BCUT2D eigenvalue weighted by Gasteiger charge is -2.37. The number of hydrogen-bond donors (Lipinski definition) is 2. The Kier molecular flexibility index (Phi) is 7.18. The molecule has 3 aromatic rings. The first-order chi connectivity index (χ1) is 18.5. The van der Waals surface area contributed by atoms with Crippen LogP contribution >= 0.6 is 23.1 Å². The number of nitrogens with one attached hydrogen (secondary N) is 1. The molecule has 0 bridgehead atoms. The van der Waals surface area contributed by atoms with Crippen molar-refractivity contribution < 1.29 is 9.59 Å². The first kappa shape index (κ1) is 25.1. The molecule has 5 rings (SSSR count). The van der Waals surface area contributed by atoms with Gasteiger partial charge in [0.2, 0.25) is 11.0 Å². The third kappa shape index (κ3) is 4.87. The summed E-state index contributed by atoms with van der Waals surface area (Å²) in [6.07, 6.45) is 4.96. The van der Waals surface area contributed by atoms with Gasteiger partial charge < -0.3 is 11.1 Å². The topological polar surface area (TPSA) is 162 Å². The first-order valence-corrected chi connectivity index (χ1v) is 13.4. The van der Waals surface area contributed by atoms with E-state index in [1.165, 1.54) is 23.1 Å². The highest BCUT2D eigenvalue weighted by Crippen LogP contribution is 2.46. The van der Waals surface area contributed by atoms with Crippen LogP contribution in [-0.4, -0.2) is 32.6 Å². The molecule has 3 heterocycles. The average Bonchev–Trinajstić information content (AvgIpc) is 3.41. The van der Waals surface area contributed by atoms with E-state index in [4.69, 9.17) is 11.0 Å². The number of rotatable bonds is 6. The molecule has 38 heavy (non-hydrogen) atoms. The van der Waals surface area contributed by atoms with Crippen molar-refractivity contribution in [2.45, 2.75) is 29.5 Å². The number of anilines is 2. The van der Waals surface area contributed by atoms with Gasteiger partial charge in [-0.3, -0.25) is 19.5 Å². The Balaban J connectivity index is 1.39. The molecule has 10 nitrogen and oxygen atoms in total. The summed E-state index contributed by atoms with van der Waals surface area (Å²) >= 11 is 2.45. The minimum atomic E-state index is -0.583. The SMILES string of the molecule is N#CC1=C(N)N(c2nnc(SCC(=O)Nc3ccc(C#N)cc3)s2)C2=C(C(=O)CCC2)C1c1cccnc1.